The number of carbonyl (C=O) groups is 1. The predicted molar refractivity (Wildman–Crippen MR) is 77.2 cm³/mol. The van der Waals surface area contributed by atoms with Crippen molar-refractivity contribution in [3.63, 3.8) is 0 Å². The van der Waals surface area contributed by atoms with Crippen molar-refractivity contribution in [2.24, 2.45) is 0 Å². The van der Waals surface area contributed by atoms with Crippen LogP contribution in [0.5, 0.6) is 5.75 Å². The van der Waals surface area contributed by atoms with Crippen LogP contribution < -0.4 is 4.74 Å². The number of furan rings is 1. The normalized spacial score (nSPS) is 16.0. The van der Waals surface area contributed by atoms with E-state index < -0.39 is 0 Å². The minimum Gasteiger partial charge on any atom is -0.490 e. The van der Waals surface area contributed by atoms with Gasteiger partial charge < -0.3 is 14.1 Å². The molecule has 2 aromatic rings. The Kier molecular flexibility index (Phi) is 3.90. The van der Waals surface area contributed by atoms with Crippen LogP contribution in [-0.4, -0.2) is 35.0 Å². The molecular weight excluding hydrogens is 268 g/mol. The zero-order valence-electron chi connectivity index (χ0n) is 12.0. The van der Waals surface area contributed by atoms with Crippen molar-refractivity contribution in [2.75, 3.05) is 13.1 Å². The van der Waals surface area contributed by atoms with E-state index in [1.54, 1.807) is 24.7 Å². The molecule has 1 amide bonds. The van der Waals surface area contributed by atoms with Gasteiger partial charge in [0, 0.05) is 38.3 Å². The second-order valence-electron chi connectivity index (χ2n) is 5.18. The van der Waals surface area contributed by atoms with Crippen molar-refractivity contribution >= 4 is 5.91 Å². The van der Waals surface area contributed by atoms with Crippen molar-refractivity contribution < 1.29 is 13.9 Å². The molecule has 0 aromatic carbocycles. The Hall–Kier alpha value is -2.30. The van der Waals surface area contributed by atoms with Gasteiger partial charge in [0.2, 0.25) is 0 Å². The first kappa shape index (κ1) is 13.7. The molecule has 1 saturated heterocycles. The molecule has 110 valence electrons. The lowest BCUT2D eigenvalue weighted by Gasteiger charge is -2.32. The number of piperidine rings is 1. The van der Waals surface area contributed by atoms with Crippen LogP contribution >= 0.6 is 0 Å². The highest BCUT2D eigenvalue weighted by Crippen LogP contribution is 2.20. The molecular formula is C16H18N2O3. The summed E-state index contributed by atoms with van der Waals surface area (Å²) < 4.78 is 11.1. The molecule has 5 nitrogen and oxygen atoms in total. The molecule has 5 heteroatoms. The number of carbonyl (C=O) groups excluding carboxylic acids is 1. The summed E-state index contributed by atoms with van der Waals surface area (Å²) in [6.07, 6.45) is 6.82. The lowest BCUT2D eigenvalue weighted by atomic mass is 10.1. The fraction of sp³-hybridized carbons (Fsp3) is 0.375. The highest BCUT2D eigenvalue weighted by atomic mass is 16.5. The molecule has 1 aliphatic heterocycles. The molecule has 0 unspecified atom stereocenters. The van der Waals surface area contributed by atoms with Crippen LogP contribution in [0, 0.1) is 6.92 Å². The van der Waals surface area contributed by atoms with Crippen LogP contribution in [0.15, 0.2) is 41.3 Å². The molecule has 3 heterocycles. The van der Waals surface area contributed by atoms with E-state index in [0.29, 0.717) is 24.4 Å². The molecule has 2 aromatic heterocycles. The van der Waals surface area contributed by atoms with Crippen molar-refractivity contribution in [3.8, 4) is 5.75 Å². The van der Waals surface area contributed by atoms with Crippen LogP contribution in [0.25, 0.3) is 0 Å². The Labute approximate surface area is 123 Å². The van der Waals surface area contributed by atoms with Gasteiger partial charge in [0.1, 0.15) is 17.6 Å². The van der Waals surface area contributed by atoms with Gasteiger partial charge >= 0.3 is 0 Å². The Morgan fingerprint density at radius 2 is 2.00 bits per heavy atom. The monoisotopic (exact) mass is 286 g/mol. The Morgan fingerprint density at radius 3 is 2.62 bits per heavy atom. The van der Waals surface area contributed by atoms with Crippen LogP contribution in [0.3, 0.4) is 0 Å². The topological polar surface area (TPSA) is 55.6 Å². The van der Waals surface area contributed by atoms with Gasteiger partial charge in [-0.3, -0.25) is 9.78 Å². The average molecular weight is 286 g/mol. The van der Waals surface area contributed by atoms with E-state index >= 15 is 0 Å². The summed E-state index contributed by atoms with van der Waals surface area (Å²) in [5, 5.41) is 0. The summed E-state index contributed by atoms with van der Waals surface area (Å²) in [6.45, 7) is 3.23. The number of hydrogen-bond acceptors (Lipinski definition) is 4. The van der Waals surface area contributed by atoms with E-state index in [-0.39, 0.29) is 12.0 Å². The summed E-state index contributed by atoms with van der Waals surface area (Å²) in [5.41, 5.74) is 0.656. The minimum absolute atomic E-state index is 0.0450. The maximum Gasteiger partial charge on any atom is 0.257 e. The van der Waals surface area contributed by atoms with Gasteiger partial charge in [-0.05, 0) is 25.1 Å². The van der Waals surface area contributed by atoms with Gasteiger partial charge in [0.25, 0.3) is 5.91 Å². The predicted octanol–water partition coefficient (Wildman–Crippen LogP) is 2.67. The van der Waals surface area contributed by atoms with E-state index in [4.69, 9.17) is 9.15 Å². The molecule has 1 aliphatic rings. The molecule has 0 N–H and O–H groups in total. The molecule has 3 rings (SSSR count). The first-order valence-electron chi connectivity index (χ1n) is 7.14. The number of rotatable bonds is 3. The summed E-state index contributed by atoms with van der Waals surface area (Å²) in [4.78, 5) is 18.2. The summed E-state index contributed by atoms with van der Waals surface area (Å²) >= 11 is 0. The maximum absolute atomic E-state index is 12.4. The van der Waals surface area contributed by atoms with E-state index in [0.717, 1.165) is 18.6 Å². The smallest absolute Gasteiger partial charge is 0.257 e. The second-order valence-corrected chi connectivity index (χ2v) is 5.18. The molecule has 0 aliphatic carbocycles. The molecule has 1 fully saturated rings. The standard InChI is InChI=1S/C16H18N2O3/c1-12-15(6-11-20-12)16(19)18-9-4-14(5-10-18)21-13-2-7-17-8-3-13/h2-3,6-8,11,14H,4-5,9-10H2,1H3. The number of hydrogen-bond donors (Lipinski definition) is 0. The minimum atomic E-state index is 0.0450. The number of aryl methyl sites for hydroxylation is 1. The number of likely N-dealkylation sites (tertiary alicyclic amines) is 1. The lowest BCUT2D eigenvalue weighted by molar-refractivity contribution is 0.0594. The number of pyridine rings is 1. The van der Waals surface area contributed by atoms with Crippen LogP contribution in [0.2, 0.25) is 0 Å². The zero-order valence-corrected chi connectivity index (χ0v) is 12.0. The van der Waals surface area contributed by atoms with E-state index in [1.807, 2.05) is 24.0 Å². The number of nitrogens with zero attached hydrogens (tertiary/aromatic N) is 2. The van der Waals surface area contributed by atoms with Crippen molar-refractivity contribution in [3.05, 3.63) is 48.2 Å². The van der Waals surface area contributed by atoms with Crippen molar-refractivity contribution in [1.29, 1.82) is 0 Å². The Balaban J connectivity index is 1.56. The molecule has 0 bridgehead atoms. The fourth-order valence-electron chi connectivity index (χ4n) is 2.56. The maximum atomic E-state index is 12.4. The third-order valence-electron chi connectivity index (χ3n) is 3.77. The van der Waals surface area contributed by atoms with Gasteiger partial charge in [-0.25, -0.2) is 0 Å². The molecule has 0 radical (unpaired) electrons. The zero-order chi connectivity index (χ0) is 14.7. The molecule has 0 atom stereocenters. The van der Waals surface area contributed by atoms with E-state index in [9.17, 15) is 4.79 Å². The van der Waals surface area contributed by atoms with Gasteiger partial charge in [0.15, 0.2) is 0 Å². The number of ether oxygens (including phenoxy) is 1. The third-order valence-corrected chi connectivity index (χ3v) is 3.77. The van der Waals surface area contributed by atoms with Crippen molar-refractivity contribution in [2.45, 2.75) is 25.9 Å². The molecule has 0 spiro atoms. The molecule has 0 saturated carbocycles. The Morgan fingerprint density at radius 1 is 1.29 bits per heavy atom. The first-order valence-corrected chi connectivity index (χ1v) is 7.14. The fourth-order valence-corrected chi connectivity index (χ4v) is 2.56. The molecule has 21 heavy (non-hydrogen) atoms. The van der Waals surface area contributed by atoms with Crippen molar-refractivity contribution in [1.82, 2.24) is 9.88 Å². The largest absolute Gasteiger partial charge is 0.490 e. The summed E-state index contributed by atoms with van der Waals surface area (Å²) in [7, 11) is 0. The number of aromatic nitrogens is 1. The summed E-state index contributed by atoms with van der Waals surface area (Å²) in [5.74, 6) is 1.55. The quantitative estimate of drug-likeness (QED) is 0.870. The van der Waals surface area contributed by atoms with Crippen LogP contribution in [0.1, 0.15) is 29.0 Å². The third kappa shape index (κ3) is 3.07. The SMILES string of the molecule is Cc1occc1C(=O)N1CCC(Oc2ccncc2)CC1. The van der Waals surface area contributed by atoms with Gasteiger partial charge in [-0.15, -0.1) is 0 Å². The lowest BCUT2D eigenvalue weighted by Crippen LogP contribution is -2.41. The van der Waals surface area contributed by atoms with Crippen LogP contribution in [0.4, 0.5) is 0 Å². The average Bonchev–Trinajstić information content (AvgIpc) is 2.94. The Bertz CT molecular complexity index is 601. The highest BCUT2D eigenvalue weighted by molar-refractivity contribution is 5.95. The second kappa shape index (κ2) is 5.99. The van der Waals surface area contributed by atoms with Gasteiger partial charge in [0.05, 0.1) is 11.8 Å². The van der Waals surface area contributed by atoms with Gasteiger partial charge in [-0.1, -0.05) is 0 Å². The van der Waals surface area contributed by atoms with E-state index in [2.05, 4.69) is 4.98 Å². The first-order chi connectivity index (χ1) is 10.2. The van der Waals surface area contributed by atoms with Crippen LogP contribution in [-0.2, 0) is 0 Å². The van der Waals surface area contributed by atoms with Gasteiger partial charge in [-0.2, -0.15) is 0 Å². The summed E-state index contributed by atoms with van der Waals surface area (Å²) in [6, 6.07) is 5.44. The highest BCUT2D eigenvalue weighted by Gasteiger charge is 2.26. The number of amides is 1. The van der Waals surface area contributed by atoms with E-state index in [1.165, 1.54) is 0 Å².